The predicted octanol–water partition coefficient (Wildman–Crippen LogP) is 6.15. The molecule has 0 saturated carbocycles. The number of aliphatic imine (C=N–C) groups is 1. The Balaban J connectivity index is 2.11. The van der Waals surface area contributed by atoms with Crippen molar-refractivity contribution < 1.29 is 19.1 Å². The van der Waals surface area contributed by atoms with Crippen LogP contribution in [0.5, 0.6) is 0 Å². The fraction of sp³-hybridized carbons (Fsp3) is 0.423. The lowest BCUT2D eigenvalue weighted by Gasteiger charge is -2.21. The number of nitrogens with zero attached hydrogens (tertiary/aromatic N) is 2. The molecular weight excluding hydrogens is 436 g/mol. The Morgan fingerprint density at radius 1 is 1.00 bits per heavy atom. The van der Waals surface area contributed by atoms with E-state index in [1.165, 1.54) is 11.3 Å². The van der Waals surface area contributed by atoms with Gasteiger partial charge in [-0.15, -0.1) is 11.3 Å². The topological polar surface area (TPSA) is 69.9 Å². The molecule has 1 aromatic carbocycles. The zero-order valence-electron chi connectivity index (χ0n) is 20.6. The second-order valence-electron chi connectivity index (χ2n) is 10.0. The molecule has 7 heteroatoms. The van der Waals surface area contributed by atoms with E-state index in [9.17, 15) is 9.59 Å². The highest BCUT2D eigenvalue weighted by molar-refractivity contribution is 7.12. The van der Waals surface area contributed by atoms with Gasteiger partial charge in [0.15, 0.2) is 0 Å². The summed E-state index contributed by atoms with van der Waals surface area (Å²) in [5, 5.41) is 2.84. The summed E-state index contributed by atoms with van der Waals surface area (Å²) in [5.74, 6) is -0.305. The quantitative estimate of drug-likeness (QED) is 0.340. The monoisotopic (exact) mass is 468 g/mol. The molecule has 0 fully saturated rings. The van der Waals surface area contributed by atoms with Crippen molar-refractivity contribution in [3.63, 3.8) is 0 Å². The Hall–Kier alpha value is -2.93. The van der Waals surface area contributed by atoms with Crippen LogP contribution in [-0.2, 0) is 20.7 Å². The number of carbonyl (C=O) groups is 2. The molecule has 2 heterocycles. The van der Waals surface area contributed by atoms with Crippen LogP contribution in [0, 0.1) is 6.92 Å². The number of carbonyl (C=O) groups excluding carboxylic acids is 2. The van der Waals surface area contributed by atoms with Crippen molar-refractivity contribution in [2.75, 3.05) is 7.05 Å². The molecule has 6 nitrogen and oxygen atoms in total. The van der Waals surface area contributed by atoms with Crippen LogP contribution in [0.3, 0.4) is 0 Å². The number of aryl methyl sites for hydroxylation is 1. The lowest BCUT2D eigenvalue weighted by atomic mass is 10.1. The average molecular weight is 469 g/mol. The predicted molar refractivity (Wildman–Crippen MR) is 134 cm³/mol. The lowest BCUT2D eigenvalue weighted by molar-refractivity contribution is -0.153. The Kier molecular flexibility index (Phi) is 6.84. The summed E-state index contributed by atoms with van der Waals surface area (Å²) >= 11 is 1.48. The highest BCUT2D eigenvalue weighted by atomic mass is 32.1. The van der Waals surface area contributed by atoms with E-state index in [2.05, 4.69) is 4.99 Å². The molecule has 0 aliphatic carbocycles. The van der Waals surface area contributed by atoms with E-state index < -0.39 is 17.3 Å². The summed E-state index contributed by atoms with van der Waals surface area (Å²) in [7, 11) is 1.69. The smallest absolute Gasteiger partial charge is 0.419 e. The van der Waals surface area contributed by atoms with Crippen molar-refractivity contribution in [3.05, 3.63) is 57.4 Å². The number of fused-ring (bicyclic) bond motifs is 1. The summed E-state index contributed by atoms with van der Waals surface area (Å²) in [6.07, 6.45) is -0.344. The van der Waals surface area contributed by atoms with Crippen molar-refractivity contribution >= 4 is 40.0 Å². The number of aromatic nitrogens is 1. The maximum absolute atomic E-state index is 13.3. The van der Waals surface area contributed by atoms with E-state index in [-0.39, 0.29) is 12.4 Å². The van der Waals surface area contributed by atoms with Crippen LogP contribution in [-0.4, -0.2) is 40.6 Å². The van der Waals surface area contributed by atoms with Crippen LogP contribution in [0.2, 0.25) is 0 Å². The van der Waals surface area contributed by atoms with Crippen LogP contribution < -0.4 is 0 Å². The van der Waals surface area contributed by atoms with Gasteiger partial charge in [-0.25, -0.2) is 9.36 Å². The number of esters is 1. The molecule has 0 aliphatic heterocycles. The van der Waals surface area contributed by atoms with Gasteiger partial charge in [0.05, 0.1) is 28.2 Å². The molecule has 0 atom stereocenters. The number of ether oxygens (including phenoxy) is 2. The molecule has 0 spiro atoms. The molecule has 0 N–H and O–H groups in total. The molecule has 0 saturated heterocycles. The zero-order valence-corrected chi connectivity index (χ0v) is 21.4. The molecule has 0 unspecified atom stereocenters. The summed E-state index contributed by atoms with van der Waals surface area (Å²) < 4.78 is 12.8. The van der Waals surface area contributed by atoms with Crippen molar-refractivity contribution in [3.8, 4) is 0 Å². The van der Waals surface area contributed by atoms with Gasteiger partial charge in [0, 0.05) is 12.4 Å². The number of hydrogen-bond acceptors (Lipinski definition) is 6. The number of hydrogen-bond donors (Lipinski definition) is 0. The van der Waals surface area contributed by atoms with Crippen LogP contribution in [0.25, 0.3) is 10.9 Å². The SMILES string of the molecule is C/N=C(\c1sccc1CC(=O)OC(C)(C)C)c1cc2cc(C)ccc2n1C(=O)OC(C)(C)C. The zero-order chi connectivity index (χ0) is 24.6. The van der Waals surface area contributed by atoms with Gasteiger partial charge >= 0.3 is 12.1 Å². The lowest BCUT2D eigenvalue weighted by Crippen LogP contribution is -2.29. The molecule has 176 valence electrons. The molecule has 0 aliphatic rings. The Morgan fingerprint density at radius 3 is 2.27 bits per heavy atom. The summed E-state index contributed by atoms with van der Waals surface area (Å²) in [4.78, 5) is 31.1. The second-order valence-corrected chi connectivity index (χ2v) is 10.9. The maximum atomic E-state index is 13.3. The van der Waals surface area contributed by atoms with Crippen molar-refractivity contribution in [1.82, 2.24) is 4.57 Å². The molecular formula is C26H32N2O4S. The van der Waals surface area contributed by atoms with Crippen LogP contribution >= 0.6 is 11.3 Å². The van der Waals surface area contributed by atoms with Gasteiger partial charge in [0.1, 0.15) is 11.2 Å². The maximum Gasteiger partial charge on any atom is 0.419 e. The second kappa shape index (κ2) is 9.14. The van der Waals surface area contributed by atoms with Crippen molar-refractivity contribution in [2.24, 2.45) is 4.99 Å². The molecule has 3 aromatic rings. The van der Waals surface area contributed by atoms with Crippen molar-refractivity contribution in [2.45, 2.75) is 66.1 Å². The average Bonchev–Trinajstić information content (AvgIpc) is 3.24. The van der Waals surface area contributed by atoms with Gasteiger partial charge in [0.2, 0.25) is 0 Å². The normalized spacial score (nSPS) is 12.8. The number of rotatable bonds is 4. The summed E-state index contributed by atoms with van der Waals surface area (Å²) in [6.45, 7) is 13.1. The van der Waals surface area contributed by atoms with Gasteiger partial charge in [0.25, 0.3) is 0 Å². The van der Waals surface area contributed by atoms with Gasteiger partial charge < -0.3 is 9.47 Å². The van der Waals surface area contributed by atoms with E-state index in [1.807, 2.05) is 84.2 Å². The molecule has 2 aromatic heterocycles. The van der Waals surface area contributed by atoms with Gasteiger partial charge in [-0.3, -0.25) is 9.79 Å². The van der Waals surface area contributed by atoms with Gasteiger partial charge in [-0.1, -0.05) is 11.6 Å². The number of thiophene rings is 1. The highest BCUT2D eigenvalue weighted by Crippen LogP contribution is 2.29. The molecule has 0 amide bonds. The molecule has 0 bridgehead atoms. The van der Waals surface area contributed by atoms with Crippen LogP contribution in [0.4, 0.5) is 4.79 Å². The third kappa shape index (κ3) is 5.90. The first kappa shape index (κ1) is 24.7. The molecule has 3 rings (SSSR count). The summed E-state index contributed by atoms with van der Waals surface area (Å²) in [6, 6.07) is 9.77. The molecule has 0 radical (unpaired) electrons. The van der Waals surface area contributed by atoms with Gasteiger partial charge in [-0.05, 0) is 83.7 Å². The first-order chi connectivity index (χ1) is 15.3. The third-order valence-corrected chi connectivity index (χ3v) is 5.68. The third-order valence-electron chi connectivity index (χ3n) is 4.72. The van der Waals surface area contributed by atoms with E-state index >= 15 is 0 Å². The van der Waals surface area contributed by atoms with Gasteiger partial charge in [-0.2, -0.15) is 0 Å². The largest absolute Gasteiger partial charge is 0.460 e. The fourth-order valence-electron chi connectivity index (χ4n) is 3.56. The first-order valence-corrected chi connectivity index (χ1v) is 11.8. The molecule has 33 heavy (non-hydrogen) atoms. The minimum atomic E-state index is -0.649. The van der Waals surface area contributed by atoms with E-state index in [1.54, 1.807) is 11.6 Å². The first-order valence-electron chi connectivity index (χ1n) is 10.9. The summed E-state index contributed by atoms with van der Waals surface area (Å²) in [5.41, 5.74) is 2.69. The van der Waals surface area contributed by atoms with Crippen LogP contribution in [0.15, 0.2) is 40.7 Å². The van der Waals surface area contributed by atoms with Crippen molar-refractivity contribution in [1.29, 1.82) is 0 Å². The minimum Gasteiger partial charge on any atom is -0.460 e. The standard InChI is InChI=1S/C26H32N2O4S/c1-16-9-10-19-18(13-16)14-20(28(19)24(30)32-26(5,6)7)22(27-8)23-17(11-12-33-23)15-21(29)31-25(2,3)4/h9-14H,15H2,1-8H3/b27-22-. The van der Waals surface area contributed by atoms with Crippen LogP contribution in [0.1, 0.15) is 63.2 Å². The van der Waals surface area contributed by atoms with E-state index in [0.29, 0.717) is 11.4 Å². The Bertz CT molecular complexity index is 1220. The van der Waals surface area contributed by atoms with E-state index in [0.717, 1.165) is 26.9 Å². The minimum absolute atomic E-state index is 0.126. The Morgan fingerprint density at radius 2 is 1.67 bits per heavy atom. The number of benzene rings is 1. The van der Waals surface area contributed by atoms with E-state index in [4.69, 9.17) is 9.47 Å². The Labute approximate surface area is 199 Å². The highest BCUT2D eigenvalue weighted by Gasteiger charge is 2.27. The fourth-order valence-corrected chi connectivity index (χ4v) is 4.53.